The monoisotopic (exact) mass is 392 g/mol. The van der Waals surface area contributed by atoms with Crippen LogP contribution >= 0.6 is 19.9 Å². The van der Waals surface area contributed by atoms with Gasteiger partial charge in [-0.1, -0.05) is 0 Å². The number of rotatable bonds is 2. The summed E-state index contributed by atoms with van der Waals surface area (Å²) < 4.78 is 0.761. The third-order valence-corrected chi connectivity index (χ3v) is 7.60. The molecule has 60 valence electrons. The molecule has 1 aromatic carbocycles. The number of carboxylic acids is 1. The third-order valence-electron chi connectivity index (χ3n) is 1.44. The summed E-state index contributed by atoms with van der Waals surface area (Å²) in [5, 5.41) is 9.27. The SMILES string of the molecule is O=C(O)c1ccc(Cl)c[c]1[Hg][Cl]. The molecule has 0 bridgehead atoms. The third kappa shape index (κ3) is 2.34. The maximum absolute atomic E-state index is 10.6. The van der Waals surface area contributed by atoms with Gasteiger partial charge in [-0.15, -0.1) is 0 Å². The van der Waals surface area contributed by atoms with Crippen LogP contribution in [0.2, 0.25) is 5.02 Å². The summed E-state index contributed by atoms with van der Waals surface area (Å²) in [6, 6.07) is 4.72. The molecule has 0 radical (unpaired) electrons. The van der Waals surface area contributed by atoms with Crippen LogP contribution in [0.5, 0.6) is 0 Å². The number of halogens is 2. The Labute approximate surface area is 90.4 Å². The molecule has 0 aromatic heterocycles. The van der Waals surface area contributed by atoms with Crippen molar-refractivity contribution in [3.05, 3.63) is 28.8 Å². The Morgan fingerprint density at radius 1 is 1.50 bits per heavy atom. The van der Waals surface area contributed by atoms with Gasteiger partial charge in [-0.05, 0) is 0 Å². The zero-order chi connectivity index (χ0) is 9.14. The van der Waals surface area contributed by atoms with E-state index in [1.807, 2.05) is 0 Å². The summed E-state index contributed by atoms with van der Waals surface area (Å²) in [4.78, 5) is 10.6. The predicted molar refractivity (Wildman–Crippen MR) is 43.9 cm³/mol. The van der Waals surface area contributed by atoms with Gasteiger partial charge < -0.3 is 0 Å². The Morgan fingerprint density at radius 3 is 2.67 bits per heavy atom. The van der Waals surface area contributed by atoms with Gasteiger partial charge in [-0.2, -0.15) is 0 Å². The summed E-state index contributed by atoms with van der Waals surface area (Å²) in [7, 11) is 5.75. The Balaban J connectivity index is 3.20. The summed E-state index contributed by atoms with van der Waals surface area (Å²) in [6.07, 6.45) is 0. The van der Waals surface area contributed by atoms with Crippen LogP contribution in [0.25, 0.3) is 0 Å². The van der Waals surface area contributed by atoms with Crippen LogP contribution in [0.15, 0.2) is 18.2 Å². The molecule has 1 rings (SSSR count). The van der Waals surface area contributed by atoms with Gasteiger partial charge in [0.1, 0.15) is 0 Å². The second-order valence-electron chi connectivity index (χ2n) is 2.24. The molecular formula is C7H4Cl2HgO2. The van der Waals surface area contributed by atoms with Crippen LogP contribution in [-0.4, -0.2) is 11.1 Å². The fraction of sp³-hybridized carbons (Fsp3) is 0. The van der Waals surface area contributed by atoms with E-state index in [1.54, 1.807) is 12.1 Å². The van der Waals surface area contributed by atoms with Gasteiger partial charge in [-0.25, -0.2) is 0 Å². The quantitative estimate of drug-likeness (QED) is 0.782. The van der Waals surface area contributed by atoms with Crippen molar-refractivity contribution in [3.8, 4) is 0 Å². The van der Waals surface area contributed by atoms with Crippen molar-refractivity contribution in [1.82, 2.24) is 0 Å². The molecule has 0 heterocycles. The van der Waals surface area contributed by atoms with Crippen LogP contribution in [0.1, 0.15) is 10.4 Å². The molecule has 5 heteroatoms. The second kappa shape index (κ2) is 4.44. The van der Waals surface area contributed by atoms with Crippen molar-refractivity contribution in [2.24, 2.45) is 0 Å². The van der Waals surface area contributed by atoms with Gasteiger partial charge in [0.25, 0.3) is 0 Å². The molecule has 0 fully saturated rings. The van der Waals surface area contributed by atoms with E-state index in [-0.39, 0.29) is 0 Å². The zero-order valence-electron chi connectivity index (χ0n) is 6.05. The van der Waals surface area contributed by atoms with Gasteiger partial charge in [0.2, 0.25) is 0 Å². The fourth-order valence-electron chi connectivity index (χ4n) is 0.881. The van der Waals surface area contributed by atoms with E-state index in [9.17, 15) is 4.79 Å². The Morgan fingerprint density at radius 2 is 2.17 bits per heavy atom. The van der Waals surface area contributed by atoms with Crippen molar-refractivity contribution in [2.45, 2.75) is 0 Å². The fourth-order valence-corrected chi connectivity index (χ4v) is 6.28. The molecule has 0 aliphatic rings. The molecule has 12 heavy (non-hydrogen) atoms. The summed E-state index contributed by atoms with van der Waals surface area (Å²) >= 11 is 4.00. The number of aromatic carboxylic acids is 1. The van der Waals surface area contributed by atoms with E-state index in [4.69, 9.17) is 25.0 Å². The van der Waals surface area contributed by atoms with Gasteiger partial charge in [0.15, 0.2) is 0 Å². The molecule has 0 saturated carbocycles. The Bertz CT molecular complexity index is 314. The van der Waals surface area contributed by atoms with E-state index in [2.05, 4.69) is 0 Å². The van der Waals surface area contributed by atoms with E-state index in [1.165, 1.54) is 6.07 Å². The molecule has 0 aliphatic carbocycles. The van der Waals surface area contributed by atoms with Crippen LogP contribution < -0.4 is 3.07 Å². The van der Waals surface area contributed by atoms with E-state index in [0.29, 0.717) is 10.6 Å². The van der Waals surface area contributed by atoms with Crippen molar-refractivity contribution < 1.29 is 33.2 Å². The number of hydrogen-bond acceptors (Lipinski definition) is 1. The first-order valence-corrected chi connectivity index (χ1v) is 13.1. The van der Waals surface area contributed by atoms with Gasteiger partial charge >= 0.3 is 90.9 Å². The summed E-state index contributed by atoms with van der Waals surface area (Å²) in [6.45, 7) is 0. The minimum atomic E-state index is -1.68. The Hall–Kier alpha value is 0.205. The number of carboxylic acid groups (broad SMARTS) is 1. The number of hydrogen-bond donors (Lipinski definition) is 1. The van der Waals surface area contributed by atoms with E-state index >= 15 is 0 Å². The zero-order valence-corrected chi connectivity index (χ0v) is 13.1. The van der Waals surface area contributed by atoms with Crippen molar-refractivity contribution in [1.29, 1.82) is 0 Å². The first kappa shape index (κ1) is 10.3. The molecule has 0 unspecified atom stereocenters. The standard InChI is InChI=1S/C7H4ClO2.ClH.Hg/c8-6-3-1-5(2-4-6)7(9)10;;/h1,3-4H,(H,9,10);1H;/q;;+1/p-1. The van der Waals surface area contributed by atoms with Gasteiger partial charge in [-0.3, -0.25) is 0 Å². The molecule has 0 amide bonds. The molecule has 0 saturated heterocycles. The van der Waals surface area contributed by atoms with Crippen molar-refractivity contribution in [3.63, 3.8) is 0 Å². The van der Waals surface area contributed by atoms with Gasteiger partial charge in [0, 0.05) is 0 Å². The van der Waals surface area contributed by atoms with Crippen LogP contribution in [-0.2, 0) is 23.3 Å². The van der Waals surface area contributed by atoms with E-state index < -0.39 is 29.3 Å². The second-order valence-corrected chi connectivity index (χ2v) is 9.02. The molecule has 1 aromatic rings. The topological polar surface area (TPSA) is 37.3 Å². The normalized spacial score (nSPS) is 9.17. The molecular weight excluding hydrogens is 388 g/mol. The molecule has 2 nitrogen and oxygen atoms in total. The Kier molecular flexibility index (Phi) is 3.81. The molecule has 0 atom stereocenters. The number of carbonyl (C=O) groups is 1. The summed E-state index contributed by atoms with van der Waals surface area (Å²) in [5.41, 5.74) is 0.302. The van der Waals surface area contributed by atoms with E-state index in [0.717, 1.165) is 3.07 Å². The van der Waals surface area contributed by atoms with Crippen molar-refractivity contribution in [2.75, 3.05) is 0 Å². The van der Waals surface area contributed by atoms with Crippen LogP contribution in [0.3, 0.4) is 0 Å². The first-order valence-electron chi connectivity index (χ1n) is 3.23. The van der Waals surface area contributed by atoms with Crippen LogP contribution in [0.4, 0.5) is 0 Å². The maximum atomic E-state index is 10.6. The predicted octanol–water partition coefficient (Wildman–Crippen LogP) is 1.90. The minimum absolute atomic E-state index is 0.302. The first-order chi connectivity index (χ1) is 5.65. The van der Waals surface area contributed by atoms with Crippen molar-refractivity contribution >= 4 is 28.9 Å². The van der Waals surface area contributed by atoms with Crippen LogP contribution in [0, 0.1) is 0 Å². The van der Waals surface area contributed by atoms with Gasteiger partial charge in [0.05, 0.1) is 0 Å². The average Bonchev–Trinajstić information content (AvgIpc) is 2.03. The number of benzene rings is 1. The summed E-state index contributed by atoms with van der Waals surface area (Å²) in [5.74, 6) is -0.928. The molecule has 1 N–H and O–H groups in total. The molecule has 0 aliphatic heterocycles. The molecule has 0 spiro atoms. The average molecular weight is 392 g/mol.